The van der Waals surface area contributed by atoms with Crippen LogP contribution in [0.25, 0.3) is 0 Å². The summed E-state index contributed by atoms with van der Waals surface area (Å²) in [4.78, 5) is 0. The van der Waals surface area contributed by atoms with E-state index in [1.807, 2.05) is 0 Å². The quantitative estimate of drug-likeness (QED) is 0.440. The Hall–Kier alpha value is -1.11. The van der Waals surface area contributed by atoms with E-state index in [0.29, 0.717) is 6.42 Å². The van der Waals surface area contributed by atoms with Crippen molar-refractivity contribution in [2.24, 2.45) is 17.8 Å². The Kier molecular flexibility index (Phi) is 7.77. The van der Waals surface area contributed by atoms with Gasteiger partial charge in [0.15, 0.2) is 0 Å². The molecule has 0 bridgehead atoms. The van der Waals surface area contributed by atoms with Gasteiger partial charge in [0, 0.05) is 0 Å². The predicted molar refractivity (Wildman–Crippen MR) is 110 cm³/mol. The van der Waals surface area contributed by atoms with Gasteiger partial charge in [-0.1, -0.05) is 49.8 Å². The third-order valence-electron chi connectivity index (χ3n) is 6.93. The van der Waals surface area contributed by atoms with Crippen LogP contribution >= 0.6 is 0 Å². The van der Waals surface area contributed by atoms with E-state index in [1.54, 1.807) is 5.56 Å². The van der Waals surface area contributed by atoms with Crippen LogP contribution < -0.4 is 0 Å². The zero-order valence-electron chi connectivity index (χ0n) is 16.6. The summed E-state index contributed by atoms with van der Waals surface area (Å²) in [5, 5.41) is 0. The van der Waals surface area contributed by atoms with Crippen molar-refractivity contribution in [1.29, 1.82) is 0 Å². The number of aryl methyl sites for hydroxylation is 1. The summed E-state index contributed by atoms with van der Waals surface area (Å²) >= 11 is 0. The maximum absolute atomic E-state index is 12.2. The van der Waals surface area contributed by atoms with Gasteiger partial charge in [-0.15, -0.1) is 0 Å². The van der Waals surface area contributed by atoms with Gasteiger partial charge in [0.1, 0.15) is 0 Å². The molecule has 0 aliphatic heterocycles. The molecule has 0 radical (unpaired) electrons. The number of benzene rings is 1. The third kappa shape index (κ3) is 5.44. The lowest BCUT2D eigenvalue weighted by atomic mass is 9.68. The second-order valence-electron chi connectivity index (χ2n) is 8.68. The first-order valence-electron chi connectivity index (χ1n) is 11.1. The Morgan fingerprint density at radius 1 is 0.885 bits per heavy atom. The Bertz CT molecular complexity index is 528. The number of halogens is 1. The number of hydrogen-bond donors (Lipinski definition) is 0. The number of hydrogen-bond acceptors (Lipinski definition) is 0. The van der Waals surface area contributed by atoms with E-state index in [1.165, 1.54) is 69.8 Å². The van der Waals surface area contributed by atoms with E-state index >= 15 is 0 Å². The zero-order valence-corrected chi connectivity index (χ0v) is 16.6. The number of rotatable bonds is 7. The van der Waals surface area contributed by atoms with Crippen molar-refractivity contribution in [3.8, 4) is 0 Å². The molecule has 2 aliphatic carbocycles. The van der Waals surface area contributed by atoms with Crippen LogP contribution in [0.1, 0.15) is 88.2 Å². The molecule has 0 saturated heterocycles. The van der Waals surface area contributed by atoms with Gasteiger partial charge < -0.3 is 0 Å². The molecule has 0 aromatic heterocycles. The molecular formula is C25H37F. The first-order chi connectivity index (χ1) is 12.8. The molecule has 1 aromatic rings. The maximum Gasteiger partial charge on any atom is 0.0928 e. The van der Waals surface area contributed by atoms with Crippen molar-refractivity contribution in [2.75, 3.05) is 6.67 Å². The van der Waals surface area contributed by atoms with E-state index in [2.05, 4.69) is 43.3 Å². The molecule has 0 atom stereocenters. The summed E-state index contributed by atoms with van der Waals surface area (Å²) < 4.78 is 12.2. The van der Waals surface area contributed by atoms with E-state index in [9.17, 15) is 4.39 Å². The minimum absolute atomic E-state index is 0.212. The molecule has 26 heavy (non-hydrogen) atoms. The molecule has 1 heteroatoms. The lowest BCUT2D eigenvalue weighted by molar-refractivity contribution is 0.171. The molecule has 2 fully saturated rings. The van der Waals surface area contributed by atoms with E-state index in [0.717, 1.165) is 23.7 Å². The zero-order chi connectivity index (χ0) is 18.2. The van der Waals surface area contributed by atoms with Crippen molar-refractivity contribution >= 4 is 0 Å². The van der Waals surface area contributed by atoms with Crippen molar-refractivity contribution in [3.63, 3.8) is 0 Å². The van der Waals surface area contributed by atoms with Crippen molar-refractivity contribution in [1.82, 2.24) is 0 Å². The van der Waals surface area contributed by atoms with Crippen LogP contribution in [0.2, 0.25) is 0 Å². The molecule has 2 aliphatic rings. The summed E-state index contributed by atoms with van der Waals surface area (Å²) in [6, 6.07) is 9.49. The number of alkyl halides is 1. The van der Waals surface area contributed by atoms with E-state index < -0.39 is 0 Å². The first-order valence-corrected chi connectivity index (χ1v) is 11.1. The van der Waals surface area contributed by atoms with Crippen LogP contribution in [0.3, 0.4) is 0 Å². The standard InChI is InChI=1S/C25H37F/c1-2-5-20-7-11-22(12-8-20)24-15-17-25(18-16-24)23-13-9-21(10-14-23)6-3-4-19-26/h3,6-8,11-12,21,23-25H,2,4-5,9-10,13-19H2,1H3/t21-,23-,24-,25-. The van der Waals surface area contributed by atoms with Gasteiger partial charge in [0.05, 0.1) is 6.67 Å². The average Bonchev–Trinajstić information content (AvgIpc) is 2.70. The molecule has 0 amide bonds. The monoisotopic (exact) mass is 356 g/mol. The molecule has 2 saturated carbocycles. The fraction of sp³-hybridized carbons (Fsp3) is 0.680. The summed E-state index contributed by atoms with van der Waals surface area (Å²) in [6.07, 6.45) is 18.4. The summed E-state index contributed by atoms with van der Waals surface area (Å²) in [6.45, 7) is 2.04. The molecule has 0 unspecified atom stereocenters. The molecule has 0 N–H and O–H groups in total. The van der Waals surface area contributed by atoms with E-state index in [-0.39, 0.29) is 6.67 Å². The van der Waals surface area contributed by atoms with Gasteiger partial charge in [-0.05, 0) is 99.0 Å². The topological polar surface area (TPSA) is 0 Å². The third-order valence-corrected chi connectivity index (χ3v) is 6.93. The van der Waals surface area contributed by atoms with Gasteiger partial charge in [0.25, 0.3) is 0 Å². The predicted octanol–water partition coefficient (Wildman–Crippen LogP) is 7.64. The highest BCUT2D eigenvalue weighted by Crippen LogP contribution is 2.44. The van der Waals surface area contributed by atoms with Gasteiger partial charge in [0.2, 0.25) is 0 Å². The Morgan fingerprint density at radius 3 is 2.08 bits per heavy atom. The van der Waals surface area contributed by atoms with Crippen LogP contribution in [0.4, 0.5) is 4.39 Å². The van der Waals surface area contributed by atoms with Gasteiger partial charge in [-0.25, -0.2) is 0 Å². The van der Waals surface area contributed by atoms with Gasteiger partial charge >= 0.3 is 0 Å². The highest BCUT2D eigenvalue weighted by Gasteiger charge is 2.30. The Balaban J connectivity index is 1.42. The summed E-state index contributed by atoms with van der Waals surface area (Å²) in [5.74, 6) is 3.42. The lowest BCUT2D eigenvalue weighted by Crippen LogP contribution is -2.25. The smallest absolute Gasteiger partial charge is 0.0928 e. The highest BCUT2D eigenvalue weighted by atomic mass is 19.1. The second-order valence-corrected chi connectivity index (χ2v) is 8.68. The molecule has 3 rings (SSSR count). The van der Waals surface area contributed by atoms with Crippen LogP contribution in [-0.2, 0) is 6.42 Å². The summed E-state index contributed by atoms with van der Waals surface area (Å²) in [5.41, 5.74) is 3.06. The maximum atomic E-state index is 12.2. The average molecular weight is 357 g/mol. The van der Waals surface area contributed by atoms with E-state index in [4.69, 9.17) is 0 Å². The van der Waals surface area contributed by atoms with Crippen LogP contribution in [0.5, 0.6) is 0 Å². The Labute approximate surface area is 160 Å². The molecule has 0 heterocycles. The molecular weight excluding hydrogens is 319 g/mol. The minimum atomic E-state index is -0.212. The fourth-order valence-electron chi connectivity index (χ4n) is 5.33. The van der Waals surface area contributed by atoms with Crippen LogP contribution in [-0.4, -0.2) is 6.67 Å². The first kappa shape index (κ1) is 19.6. The van der Waals surface area contributed by atoms with Crippen LogP contribution in [0.15, 0.2) is 36.4 Å². The van der Waals surface area contributed by atoms with Crippen LogP contribution in [0, 0.1) is 17.8 Å². The SMILES string of the molecule is CCCc1ccc([C@H]2CC[C@H]([C@H]3CC[C@H](C=CCCF)CC3)CC2)cc1. The van der Waals surface area contributed by atoms with Gasteiger partial charge in [-0.2, -0.15) is 0 Å². The second kappa shape index (κ2) is 10.3. The number of allylic oxidation sites excluding steroid dienone is 2. The Morgan fingerprint density at radius 2 is 1.50 bits per heavy atom. The lowest BCUT2D eigenvalue weighted by Gasteiger charge is -2.37. The summed E-state index contributed by atoms with van der Waals surface area (Å²) in [7, 11) is 0. The van der Waals surface area contributed by atoms with Crippen molar-refractivity contribution < 1.29 is 4.39 Å². The molecule has 144 valence electrons. The molecule has 0 nitrogen and oxygen atoms in total. The van der Waals surface area contributed by atoms with Gasteiger partial charge in [-0.3, -0.25) is 4.39 Å². The largest absolute Gasteiger partial charge is 0.251 e. The molecule has 1 aromatic carbocycles. The molecule has 0 spiro atoms. The normalized spacial score (nSPS) is 29.9. The highest BCUT2D eigenvalue weighted by molar-refractivity contribution is 5.26. The van der Waals surface area contributed by atoms with Crippen molar-refractivity contribution in [3.05, 3.63) is 47.5 Å². The van der Waals surface area contributed by atoms with Crippen molar-refractivity contribution in [2.45, 2.75) is 83.5 Å². The minimum Gasteiger partial charge on any atom is -0.251 e. The fourth-order valence-corrected chi connectivity index (χ4v) is 5.33.